The second-order valence-corrected chi connectivity index (χ2v) is 2.15. The Bertz CT molecular complexity index is 116. The van der Waals surface area contributed by atoms with Gasteiger partial charge in [0.05, 0.1) is 0 Å². The maximum absolute atomic E-state index is 3.86. The molecule has 44 valence electrons. The highest BCUT2D eigenvalue weighted by atomic mass is 15.1. The van der Waals surface area contributed by atoms with E-state index in [1.165, 1.54) is 5.57 Å². The van der Waals surface area contributed by atoms with E-state index in [1.54, 1.807) is 0 Å². The van der Waals surface area contributed by atoms with Crippen molar-refractivity contribution in [3.8, 4) is 0 Å². The molecule has 1 nitrogen and oxygen atoms in total. The van der Waals surface area contributed by atoms with Gasteiger partial charge in [0.25, 0.3) is 0 Å². The second kappa shape index (κ2) is 2.03. The normalized spacial score (nSPS) is 19.5. The maximum atomic E-state index is 3.86. The first kappa shape index (κ1) is 5.42. The molecule has 1 saturated heterocycles. The van der Waals surface area contributed by atoms with Crippen molar-refractivity contribution in [3.05, 3.63) is 24.9 Å². The molecule has 1 fully saturated rings. The van der Waals surface area contributed by atoms with E-state index in [0.29, 0.717) is 0 Å². The summed E-state index contributed by atoms with van der Waals surface area (Å²) in [5.74, 6) is 0. The van der Waals surface area contributed by atoms with Crippen LogP contribution in [0.1, 0.15) is 6.42 Å². The summed E-state index contributed by atoms with van der Waals surface area (Å²) in [5, 5.41) is 0. The number of hydrogen-bond acceptors (Lipinski definition) is 1. The molecule has 0 aromatic carbocycles. The van der Waals surface area contributed by atoms with Crippen LogP contribution in [0.15, 0.2) is 24.9 Å². The van der Waals surface area contributed by atoms with Gasteiger partial charge in [-0.05, 0) is 12.6 Å². The summed E-state index contributed by atoms with van der Waals surface area (Å²) in [5.41, 5.74) is 1.32. The maximum Gasteiger partial charge on any atom is 0.0381 e. The highest BCUT2D eigenvalue weighted by molar-refractivity contribution is 5.05. The van der Waals surface area contributed by atoms with E-state index in [2.05, 4.69) is 18.1 Å². The lowest BCUT2D eigenvalue weighted by atomic mass is 10.3. The molecule has 0 atom stereocenters. The van der Waals surface area contributed by atoms with Crippen LogP contribution in [-0.4, -0.2) is 18.0 Å². The van der Waals surface area contributed by atoms with Gasteiger partial charge in [-0.2, -0.15) is 0 Å². The predicted molar refractivity (Wildman–Crippen MR) is 35.5 cm³/mol. The van der Waals surface area contributed by atoms with E-state index in [4.69, 9.17) is 0 Å². The molecule has 1 rings (SSSR count). The van der Waals surface area contributed by atoms with Crippen molar-refractivity contribution in [2.24, 2.45) is 0 Å². The Labute approximate surface area is 50.3 Å². The van der Waals surface area contributed by atoms with E-state index < -0.39 is 0 Å². The molecule has 0 N–H and O–H groups in total. The topological polar surface area (TPSA) is 3.24 Å². The van der Waals surface area contributed by atoms with Gasteiger partial charge in [0.2, 0.25) is 0 Å². The van der Waals surface area contributed by atoms with Crippen LogP contribution in [0.4, 0.5) is 0 Å². The monoisotopic (exact) mass is 109 g/mol. The minimum atomic E-state index is 1.02. The SMILES string of the molecule is C=CN1CCC(=C)C1. The first-order valence-corrected chi connectivity index (χ1v) is 2.86. The molecular weight excluding hydrogens is 98.1 g/mol. The highest BCUT2D eigenvalue weighted by Gasteiger charge is 2.08. The van der Waals surface area contributed by atoms with Gasteiger partial charge >= 0.3 is 0 Å². The van der Waals surface area contributed by atoms with Crippen molar-refractivity contribution in [1.82, 2.24) is 4.90 Å². The summed E-state index contributed by atoms with van der Waals surface area (Å²) < 4.78 is 0. The standard InChI is InChI=1S/C7H11N/c1-3-8-5-4-7(2)6-8/h3H,1-2,4-6H2. The number of hydrogen-bond donors (Lipinski definition) is 0. The van der Waals surface area contributed by atoms with Crippen molar-refractivity contribution in [2.75, 3.05) is 13.1 Å². The highest BCUT2D eigenvalue weighted by Crippen LogP contribution is 2.11. The van der Waals surface area contributed by atoms with E-state index >= 15 is 0 Å². The Morgan fingerprint density at radius 2 is 2.38 bits per heavy atom. The molecule has 8 heavy (non-hydrogen) atoms. The number of rotatable bonds is 1. The fourth-order valence-corrected chi connectivity index (χ4v) is 0.903. The Hall–Kier alpha value is -0.720. The second-order valence-electron chi connectivity index (χ2n) is 2.15. The fourth-order valence-electron chi connectivity index (χ4n) is 0.903. The van der Waals surface area contributed by atoms with Gasteiger partial charge in [0.15, 0.2) is 0 Å². The minimum Gasteiger partial charge on any atom is -0.374 e. The van der Waals surface area contributed by atoms with Gasteiger partial charge in [0.1, 0.15) is 0 Å². The third-order valence-corrected chi connectivity index (χ3v) is 1.44. The van der Waals surface area contributed by atoms with Crippen LogP contribution in [0.2, 0.25) is 0 Å². The van der Waals surface area contributed by atoms with Gasteiger partial charge in [-0.25, -0.2) is 0 Å². The fraction of sp³-hybridized carbons (Fsp3) is 0.429. The Morgan fingerprint density at radius 3 is 2.62 bits per heavy atom. The molecule has 0 aliphatic carbocycles. The molecule has 0 aromatic heterocycles. The quantitative estimate of drug-likeness (QED) is 0.460. The predicted octanol–water partition coefficient (Wildman–Crippen LogP) is 1.39. The van der Waals surface area contributed by atoms with Crippen molar-refractivity contribution < 1.29 is 0 Å². The van der Waals surface area contributed by atoms with Crippen molar-refractivity contribution in [2.45, 2.75) is 6.42 Å². The van der Waals surface area contributed by atoms with Crippen LogP contribution in [0.3, 0.4) is 0 Å². The summed E-state index contributed by atoms with van der Waals surface area (Å²) >= 11 is 0. The van der Waals surface area contributed by atoms with E-state index in [9.17, 15) is 0 Å². The zero-order valence-electron chi connectivity index (χ0n) is 5.06. The Balaban J connectivity index is 2.43. The lowest BCUT2D eigenvalue weighted by molar-refractivity contribution is 0.477. The molecule has 0 unspecified atom stereocenters. The van der Waals surface area contributed by atoms with E-state index in [-0.39, 0.29) is 0 Å². The molecule has 0 amide bonds. The van der Waals surface area contributed by atoms with Crippen molar-refractivity contribution in [3.63, 3.8) is 0 Å². The first-order valence-electron chi connectivity index (χ1n) is 2.86. The van der Waals surface area contributed by atoms with Crippen LogP contribution >= 0.6 is 0 Å². The summed E-state index contributed by atoms with van der Waals surface area (Å²) in [6.07, 6.45) is 3.02. The Kier molecular flexibility index (Phi) is 1.38. The third kappa shape index (κ3) is 0.915. The number of nitrogens with zero attached hydrogens (tertiary/aromatic N) is 1. The van der Waals surface area contributed by atoms with Crippen molar-refractivity contribution in [1.29, 1.82) is 0 Å². The smallest absolute Gasteiger partial charge is 0.0381 e. The average molecular weight is 109 g/mol. The lowest BCUT2D eigenvalue weighted by Crippen LogP contribution is -2.09. The van der Waals surface area contributed by atoms with Gasteiger partial charge in [0, 0.05) is 13.1 Å². The van der Waals surface area contributed by atoms with Gasteiger partial charge in [-0.15, -0.1) is 0 Å². The zero-order valence-corrected chi connectivity index (χ0v) is 5.06. The molecule has 0 radical (unpaired) electrons. The Morgan fingerprint density at radius 1 is 1.62 bits per heavy atom. The summed E-state index contributed by atoms with van der Waals surface area (Å²) in [6.45, 7) is 9.66. The van der Waals surface area contributed by atoms with E-state index in [1.807, 2.05) is 6.20 Å². The summed E-state index contributed by atoms with van der Waals surface area (Å²) in [6, 6.07) is 0. The molecule has 0 saturated carbocycles. The molecule has 1 aliphatic heterocycles. The van der Waals surface area contributed by atoms with Crippen LogP contribution in [-0.2, 0) is 0 Å². The van der Waals surface area contributed by atoms with Gasteiger partial charge in [-0.1, -0.05) is 18.7 Å². The molecule has 1 heteroatoms. The lowest BCUT2D eigenvalue weighted by Gasteiger charge is -2.07. The zero-order chi connectivity index (χ0) is 5.98. The minimum absolute atomic E-state index is 1.02. The van der Waals surface area contributed by atoms with Gasteiger partial charge < -0.3 is 4.90 Å². The molecule has 0 bridgehead atoms. The molecule has 0 aromatic rings. The van der Waals surface area contributed by atoms with Crippen LogP contribution in [0, 0.1) is 0 Å². The number of likely N-dealkylation sites (tertiary alicyclic amines) is 1. The van der Waals surface area contributed by atoms with Gasteiger partial charge in [-0.3, -0.25) is 0 Å². The van der Waals surface area contributed by atoms with E-state index in [0.717, 1.165) is 19.5 Å². The van der Waals surface area contributed by atoms with Crippen LogP contribution in [0.5, 0.6) is 0 Å². The van der Waals surface area contributed by atoms with Crippen molar-refractivity contribution >= 4 is 0 Å². The molecule has 1 heterocycles. The first-order chi connectivity index (χ1) is 3.83. The molecule has 1 aliphatic rings. The van der Waals surface area contributed by atoms with Crippen LogP contribution < -0.4 is 0 Å². The van der Waals surface area contributed by atoms with Crippen LogP contribution in [0.25, 0.3) is 0 Å². The summed E-state index contributed by atoms with van der Waals surface area (Å²) in [7, 11) is 0. The summed E-state index contributed by atoms with van der Waals surface area (Å²) in [4.78, 5) is 2.17. The molecular formula is C7H11N. The molecule has 0 spiro atoms. The third-order valence-electron chi connectivity index (χ3n) is 1.44. The largest absolute Gasteiger partial charge is 0.374 e. The average Bonchev–Trinajstić information content (AvgIpc) is 2.14.